The summed E-state index contributed by atoms with van der Waals surface area (Å²) in [4.78, 5) is 2.37. The molecule has 1 fully saturated rings. The molecule has 2 heterocycles. The van der Waals surface area contributed by atoms with Crippen LogP contribution >= 0.6 is 24.0 Å². The van der Waals surface area contributed by atoms with Crippen LogP contribution in [0.2, 0.25) is 5.02 Å². The fourth-order valence-corrected chi connectivity index (χ4v) is 3.10. The Morgan fingerprint density at radius 2 is 2.14 bits per heavy atom. The predicted molar refractivity (Wildman–Crippen MR) is 87.0 cm³/mol. The van der Waals surface area contributed by atoms with E-state index in [1.54, 1.807) is 0 Å². The fourth-order valence-electron chi connectivity index (χ4n) is 2.81. The summed E-state index contributed by atoms with van der Waals surface area (Å²) in [5.74, 6) is 1.47. The van der Waals surface area contributed by atoms with Gasteiger partial charge in [-0.3, -0.25) is 4.90 Å². The van der Waals surface area contributed by atoms with E-state index in [0.29, 0.717) is 30.0 Å². The molecule has 6 heteroatoms. The van der Waals surface area contributed by atoms with Gasteiger partial charge in [0.25, 0.3) is 0 Å². The van der Waals surface area contributed by atoms with Crippen molar-refractivity contribution in [2.75, 3.05) is 33.4 Å². The highest BCUT2D eigenvalue weighted by Crippen LogP contribution is 2.38. The lowest BCUT2D eigenvalue weighted by Crippen LogP contribution is -2.32. The van der Waals surface area contributed by atoms with Crippen molar-refractivity contribution in [3.05, 3.63) is 22.7 Å². The summed E-state index contributed by atoms with van der Waals surface area (Å²) in [7, 11) is 2.16. The minimum Gasteiger partial charge on any atom is -0.489 e. The number of hydrogen-bond donors (Lipinski definition) is 1. The van der Waals surface area contributed by atoms with Crippen LogP contribution in [0.25, 0.3) is 0 Å². The van der Waals surface area contributed by atoms with Crippen molar-refractivity contribution < 1.29 is 9.47 Å². The number of nitrogens with zero attached hydrogens (tertiary/aromatic N) is 1. The molecule has 1 saturated heterocycles. The van der Waals surface area contributed by atoms with Crippen LogP contribution in [0.1, 0.15) is 18.4 Å². The molecule has 3 rings (SSSR count). The molecule has 2 aliphatic heterocycles. The van der Waals surface area contributed by atoms with Gasteiger partial charge < -0.3 is 14.8 Å². The highest BCUT2D eigenvalue weighted by Gasteiger charge is 2.21. The van der Waals surface area contributed by atoms with Crippen LogP contribution in [0.3, 0.4) is 0 Å². The molecule has 2 aliphatic rings. The maximum atomic E-state index is 6.33. The van der Waals surface area contributed by atoms with Gasteiger partial charge in [0.15, 0.2) is 11.5 Å². The lowest BCUT2D eigenvalue weighted by molar-refractivity contribution is 0.248. The zero-order valence-electron chi connectivity index (χ0n) is 12.2. The predicted octanol–water partition coefficient (Wildman–Crippen LogP) is 2.72. The van der Waals surface area contributed by atoms with E-state index in [0.717, 1.165) is 31.8 Å². The molecule has 0 amide bonds. The van der Waals surface area contributed by atoms with Gasteiger partial charge in [-0.1, -0.05) is 11.6 Å². The molecule has 0 aliphatic carbocycles. The molecule has 1 atom stereocenters. The van der Waals surface area contributed by atoms with Gasteiger partial charge in [-0.25, -0.2) is 0 Å². The summed E-state index contributed by atoms with van der Waals surface area (Å²) >= 11 is 6.33. The number of nitrogens with one attached hydrogen (secondary N) is 1. The van der Waals surface area contributed by atoms with E-state index in [9.17, 15) is 0 Å². The van der Waals surface area contributed by atoms with Crippen molar-refractivity contribution >= 4 is 24.0 Å². The topological polar surface area (TPSA) is 33.7 Å². The molecule has 0 aromatic heterocycles. The largest absolute Gasteiger partial charge is 0.489 e. The summed E-state index contributed by atoms with van der Waals surface area (Å²) in [5, 5.41) is 4.05. The third-order valence-electron chi connectivity index (χ3n) is 3.95. The number of hydrogen-bond acceptors (Lipinski definition) is 4. The van der Waals surface area contributed by atoms with Crippen molar-refractivity contribution in [3.8, 4) is 11.5 Å². The van der Waals surface area contributed by atoms with Crippen LogP contribution in [0.15, 0.2) is 12.1 Å². The highest BCUT2D eigenvalue weighted by atomic mass is 35.5. The average molecular weight is 333 g/mol. The van der Waals surface area contributed by atoms with Crippen LogP contribution in [-0.4, -0.2) is 44.3 Å². The Hall–Kier alpha value is -0.680. The summed E-state index contributed by atoms with van der Waals surface area (Å²) in [6, 6.07) is 4.66. The number of rotatable bonds is 3. The summed E-state index contributed by atoms with van der Waals surface area (Å²) in [5.41, 5.74) is 1.17. The van der Waals surface area contributed by atoms with Crippen molar-refractivity contribution in [2.45, 2.75) is 25.4 Å². The Kier molecular flexibility index (Phi) is 5.99. The molecule has 118 valence electrons. The SMILES string of the molecule is CN(Cc1cc(Cl)c2c(c1)OCCCO2)C1CCNC1.Cl. The van der Waals surface area contributed by atoms with E-state index in [2.05, 4.69) is 23.3 Å². The standard InChI is InChI=1S/C15H21ClN2O2.ClH/c1-18(12-3-4-17-9-12)10-11-7-13(16)15-14(8-11)19-5-2-6-20-15;/h7-8,12,17H,2-6,9-10H2,1H3;1H. The van der Waals surface area contributed by atoms with E-state index in [-0.39, 0.29) is 12.4 Å². The average Bonchev–Trinajstić information content (AvgIpc) is 2.85. The summed E-state index contributed by atoms with van der Waals surface area (Å²) in [6.07, 6.45) is 2.10. The number of halogens is 2. The molecular weight excluding hydrogens is 311 g/mol. The van der Waals surface area contributed by atoms with Gasteiger partial charge in [0.1, 0.15) is 0 Å². The van der Waals surface area contributed by atoms with Crippen LogP contribution in [-0.2, 0) is 6.54 Å². The Morgan fingerprint density at radius 1 is 1.33 bits per heavy atom. The number of ether oxygens (including phenoxy) is 2. The molecule has 0 radical (unpaired) electrons. The van der Waals surface area contributed by atoms with Crippen LogP contribution in [0, 0.1) is 0 Å². The molecule has 1 N–H and O–H groups in total. The van der Waals surface area contributed by atoms with Gasteiger partial charge in [-0.05, 0) is 37.7 Å². The maximum absolute atomic E-state index is 6.33. The molecule has 4 nitrogen and oxygen atoms in total. The Bertz CT molecular complexity index is 479. The van der Waals surface area contributed by atoms with Crippen molar-refractivity contribution in [1.82, 2.24) is 10.2 Å². The van der Waals surface area contributed by atoms with Crippen LogP contribution in [0.4, 0.5) is 0 Å². The van der Waals surface area contributed by atoms with Crippen LogP contribution < -0.4 is 14.8 Å². The molecule has 0 spiro atoms. The maximum Gasteiger partial charge on any atom is 0.179 e. The molecule has 0 bridgehead atoms. The zero-order chi connectivity index (χ0) is 13.9. The molecular formula is C15H22Cl2N2O2. The molecule has 1 aromatic rings. The second-order valence-corrected chi connectivity index (χ2v) is 5.92. The second kappa shape index (κ2) is 7.54. The molecule has 1 aromatic carbocycles. The Balaban J connectivity index is 0.00000161. The fraction of sp³-hybridized carbons (Fsp3) is 0.600. The van der Waals surface area contributed by atoms with Crippen LogP contribution in [0.5, 0.6) is 11.5 Å². The van der Waals surface area contributed by atoms with E-state index < -0.39 is 0 Å². The normalized spacial score (nSPS) is 21.0. The Labute approximate surface area is 137 Å². The first-order chi connectivity index (χ1) is 9.74. The van der Waals surface area contributed by atoms with Gasteiger partial charge in [0.05, 0.1) is 18.2 Å². The van der Waals surface area contributed by atoms with Crippen molar-refractivity contribution in [3.63, 3.8) is 0 Å². The van der Waals surface area contributed by atoms with E-state index in [1.807, 2.05) is 6.07 Å². The van der Waals surface area contributed by atoms with E-state index >= 15 is 0 Å². The summed E-state index contributed by atoms with van der Waals surface area (Å²) < 4.78 is 11.4. The smallest absolute Gasteiger partial charge is 0.179 e. The number of likely N-dealkylation sites (N-methyl/N-ethyl adjacent to an activating group) is 1. The van der Waals surface area contributed by atoms with E-state index in [1.165, 1.54) is 12.0 Å². The number of fused-ring (bicyclic) bond motifs is 1. The third kappa shape index (κ3) is 3.95. The quantitative estimate of drug-likeness (QED) is 0.922. The minimum atomic E-state index is 0. The molecule has 1 unspecified atom stereocenters. The Morgan fingerprint density at radius 3 is 2.90 bits per heavy atom. The highest BCUT2D eigenvalue weighted by molar-refractivity contribution is 6.32. The second-order valence-electron chi connectivity index (χ2n) is 5.52. The van der Waals surface area contributed by atoms with Gasteiger partial charge in [0.2, 0.25) is 0 Å². The first kappa shape index (κ1) is 16.7. The molecule has 0 saturated carbocycles. The first-order valence-corrected chi connectivity index (χ1v) is 7.61. The minimum absolute atomic E-state index is 0. The number of benzene rings is 1. The monoisotopic (exact) mass is 332 g/mol. The van der Waals surface area contributed by atoms with Crippen molar-refractivity contribution in [1.29, 1.82) is 0 Å². The lowest BCUT2D eigenvalue weighted by atomic mass is 10.1. The summed E-state index contributed by atoms with van der Waals surface area (Å²) in [6.45, 7) is 4.41. The van der Waals surface area contributed by atoms with Crippen molar-refractivity contribution in [2.24, 2.45) is 0 Å². The third-order valence-corrected chi connectivity index (χ3v) is 4.23. The van der Waals surface area contributed by atoms with Gasteiger partial charge in [-0.2, -0.15) is 0 Å². The van der Waals surface area contributed by atoms with E-state index in [4.69, 9.17) is 21.1 Å². The van der Waals surface area contributed by atoms with Gasteiger partial charge in [-0.15, -0.1) is 12.4 Å². The van der Waals surface area contributed by atoms with Gasteiger partial charge >= 0.3 is 0 Å². The lowest BCUT2D eigenvalue weighted by Gasteiger charge is -2.24. The zero-order valence-corrected chi connectivity index (χ0v) is 13.8. The van der Waals surface area contributed by atoms with Gasteiger partial charge in [0, 0.05) is 25.6 Å². The molecule has 21 heavy (non-hydrogen) atoms. The first-order valence-electron chi connectivity index (χ1n) is 7.23.